The number of benzene rings is 2. The van der Waals surface area contributed by atoms with Crippen LogP contribution in [-0.2, 0) is 24.5 Å². The highest BCUT2D eigenvalue weighted by Gasteiger charge is 2.38. The Labute approximate surface area is 273 Å². The van der Waals surface area contributed by atoms with Crippen molar-refractivity contribution in [1.29, 1.82) is 5.41 Å². The number of halogens is 3. The lowest BCUT2D eigenvalue weighted by atomic mass is 10.0. The van der Waals surface area contributed by atoms with E-state index in [1.165, 1.54) is 35.4 Å². The molecule has 0 atom stereocenters. The number of nitrogens with two attached hydrogens (primary N) is 2. The molecular formula is C28H34F3N5O6S4. The number of carboxylic acids is 1. The summed E-state index contributed by atoms with van der Waals surface area (Å²) in [4.78, 5) is 14.0. The Hall–Kier alpha value is -3.61. The lowest BCUT2D eigenvalue weighted by Crippen LogP contribution is -2.22. The van der Waals surface area contributed by atoms with Crippen LogP contribution >= 0.6 is 23.1 Å². The van der Waals surface area contributed by atoms with Crippen molar-refractivity contribution in [3.05, 3.63) is 59.0 Å². The molecule has 0 unspecified atom stereocenters. The minimum atomic E-state index is -5.08. The van der Waals surface area contributed by atoms with E-state index in [1.54, 1.807) is 25.3 Å². The SMILES string of the molecule is CSc1sc(C(=N)N)cc1S(=O)(=O)c1cccc(-c2ccc(NC(N)=NCCCCCS(C)(=O)=O)cc2)c1C.O=C(O)C(F)(F)F. The van der Waals surface area contributed by atoms with Gasteiger partial charge in [-0.2, -0.15) is 13.2 Å². The van der Waals surface area contributed by atoms with E-state index >= 15 is 0 Å². The highest BCUT2D eigenvalue weighted by molar-refractivity contribution is 8.01. The predicted molar refractivity (Wildman–Crippen MR) is 177 cm³/mol. The molecule has 3 aromatic rings. The Morgan fingerprint density at radius 1 is 1.04 bits per heavy atom. The minimum Gasteiger partial charge on any atom is -0.475 e. The van der Waals surface area contributed by atoms with E-state index in [0.717, 1.165) is 29.7 Å². The summed E-state index contributed by atoms with van der Waals surface area (Å²) in [5, 5.41) is 17.9. The quantitative estimate of drug-likeness (QED) is 0.0721. The third-order valence-corrected chi connectivity index (χ3v) is 11.7. The van der Waals surface area contributed by atoms with E-state index in [4.69, 9.17) is 26.8 Å². The van der Waals surface area contributed by atoms with Gasteiger partial charge in [0.05, 0.1) is 18.9 Å². The molecule has 3 rings (SSSR count). The Morgan fingerprint density at radius 2 is 1.65 bits per heavy atom. The van der Waals surface area contributed by atoms with Crippen LogP contribution in [0.1, 0.15) is 29.7 Å². The first-order chi connectivity index (χ1) is 21.3. The van der Waals surface area contributed by atoms with Crippen LogP contribution in [0, 0.1) is 12.3 Å². The summed E-state index contributed by atoms with van der Waals surface area (Å²) in [6.45, 7) is 2.28. The van der Waals surface area contributed by atoms with Gasteiger partial charge in [0.15, 0.2) is 5.96 Å². The number of anilines is 1. The van der Waals surface area contributed by atoms with E-state index in [1.807, 2.05) is 30.3 Å². The van der Waals surface area contributed by atoms with Gasteiger partial charge in [-0.05, 0) is 67.0 Å². The van der Waals surface area contributed by atoms with Crippen LogP contribution in [0.25, 0.3) is 11.1 Å². The number of unbranched alkanes of at least 4 members (excludes halogenated alkanes) is 2. The summed E-state index contributed by atoms with van der Waals surface area (Å²) >= 11 is 2.51. The molecule has 7 N–H and O–H groups in total. The lowest BCUT2D eigenvalue weighted by Gasteiger charge is -2.13. The minimum absolute atomic E-state index is 0.161. The fraction of sp³-hybridized carbons (Fsp3) is 0.321. The zero-order chi connectivity index (χ0) is 34.9. The number of guanidine groups is 1. The number of carbonyl (C=O) groups is 1. The summed E-state index contributed by atoms with van der Waals surface area (Å²) in [6, 6.07) is 14.1. The van der Waals surface area contributed by atoms with Gasteiger partial charge in [-0.15, -0.1) is 23.1 Å². The van der Waals surface area contributed by atoms with Gasteiger partial charge < -0.3 is 21.9 Å². The van der Waals surface area contributed by atoms with Crippen molar-refractivity contribution in [2.24, 2.45) is 16.5 Å². The molecule has 0 fully saturated rings. The lowest BCUT2D eigenvalue weighted by molar-refractivity contribution is -0.192. The molecule has 0 amide bonds. The van der Waals surface area contributed by atoms with Gasteiger partial charge >= 0.3 is 12.1 Å². The molecule has 0 aliphatic carbocycles. The maximum Gasteiger partial charge on any atom is 0.490 e. The molecule has 2 aromatic carbocycles. The Bertz CT molecular complexity index is 1790. The molecular weight excluding hydrogens is 688 g/mol. The number of aliphatic imine (C=N–C) groups is 1. The molecule has 0 aliphatic heterocycles. The number of thiophene rings is 1. The third-order valence-electron chi connectivity index (χ3n) is 6.15. The Kier molecular flexibility index (Phi) is 13.7. The van der Waals surface area contributed by atoms with E-state index in [0.29, 0.717) is 27.6 Å². The van der Waals surface area contributed by atoms with Gasteiger partial charge in [0.25, 0.3) is 0 Å². The first-order valence-corrected chi connectivity index (χ1v) is 18.9. The number of hydrogen-bond donors (Lipinski definition) is 5. The molecule has 1 heterocycles. The molecule has 0 radical (unpaired) electrons. The largest absolute Gasteiger partial charge is 0.490 e. The van der Waals surface area contributed by atoms with Crippen LogP contribution in [0.4, 0.5) is 18.9 Å². The number of alkyl halides is 3. The number of sulfone groups is 2. The van der Waals surface area contributed by atoms with E-state index in [2.05, 4.69) is 10.3 Å². The van der Waals surface area contributed by atoms with Crippen molar-refractivity contribution < 1.29 is 39.9 Å². The molecule has 18 heteroatoms. The zero-order valence-corrected chi connectivity index (χ0v) is 28.3. The number of rotatable bonds is 12. The van der Waals surface area contributed by atoms with Gasteiger partial charge in [0, 0.05) is 24.2 Å². The van der Waals surface area contributed by atoms with Crippen molar-refractivity contribution in [3.63, 3.8) is 0 Å². The monoisotopic (exact) mass is 721 g/mol. The van der Waals surface area contributed by atoms with Crippen LogP contribution in [0.2, 0.25) is 0 Å². The van der Waals surface area contributed by atoms with Gasteiger partial charge in [0.1, 0.15) is 15.7 Å². The predicted octanol–water partition coefficient (Wildman–Crippen LogP) is 5.14. The van der Waals surface area contributed by atoms with Gasteiger partial charge in [-0.1, -0.05) is 30.7 Å². The number of nitrogens with one attached hydrogen (secondary N) is 2. The zero-order valence-electron chi connectivity index (χ0n) is 25.0. The molecule has 0 aliphatic rings. The second kappa shape index (κ2) is 16.3. The second-order valence-corrected chi connectivity index (χ2v) is 16.0. The molecule has 252 valence electrons. The van der Waals surface area contributed by atoms with Crippen LogP contribution in [0.3, 0.4) is 0 Å². The topological polar surface area (TPSA) is 206 Å². The normalized spacial score (nSPS) is 12.3. The molecule has 0 saturated carbocycles. The number of thioether (sulfide) groups is 1. The number of nitrogens with zero attached hydrogens (tertiary/aromatic N) is 1. The van der Waals surface area contributed by atoms with Crippen molar-refractivity contribution in [1.82, 2.24) is 0 Å². The van der Waals surface area contributed by atoms with Crippen LogP contribution in [-0.4, -0.2) is 70.7 Å². The molecule has 0 bridgehead atoms. The summed E-state index contributed by atoms with van der Waals surface area (Å²) in [5.74, 6) is -2.47. The highest BCUT2D eigenvalue weighted by Crippen LogP contribution is 2.39. The van der Waals surface area contributed by atoms with Gasteiger partial charge in [-0.25, -0.2) is 21.6 Å². The third kappa shape index (κ3) is 11.3. The summed E-state index contributed by atoms with van der Waals surface area (Å²) in [5.41, 5.74) is 14.6. The summed E-state index contributed by atoms with van der Waals surface area (Å²) in [6.07, 6.45) is 0.0606. The summed E-state index contributed by atoms with van der Waals surface area (Å²) < 4.78 is 82.0. The van der Waals surface area contributed by atoms with E-state index in [9.17, 15) is 30.0 Å². The number of amidine groups is 1. The molecule has 1 aromatic heterocycles. The first kappa shape index (κ1) is 38.6. The van der Waals surface area contributed by atoms with Crippen LogP contribution in [0.5, 0.6) is 0 Å². The Balaban J connectivity index is 0.000000942. The van der Waals surface area contributed by atoms with Crippen molar-refractivity contribution in [2.45, 2.75) is 46.4 Å². The Morgan fingerprint density at radius 3 is 2.17 bits per heavy atom. The number of hydrogen-bond acceptors (Lipinski definition) is 9. The van der Waals surface area contributed by atoms with E-state index < -0.39 is 31.8 Å². The smallest absolute Gasteiger partial charge is 0.475 e. The van der Waals surface area contributed by atoms with Crippen LogP contribution < -0.4 is 16.8 Å². The van der Waals surface area contributed by atoms with Crippen LogP contribution in [0.15, 0.2) is 67.5 Å². The maximum absolute atomic E-state index is 13.6. The molecule has 11 nitrogen and oxygen atoms in total. The van der Waals surface area contributed by atoms with E-state index in [-0.39, 0.29) is 27.3 Å². The highest BCUT2D eigenvalue weighted by atomic mass is 32.2. The molecule has 0 saturated heterocycles. The van der Waals surface area contributed by atoms with Crippen molar-refractivity contribution in [2.75, 3.05) is 30.1 Å². The standard InChI is InChI=1S/C26H33N5O4S4.C2HF3O2/c1-17-20(8-7-9-22(17)39(34,35)23-16-21(24(27)28)37-25(23)36-2)18-10-12-19(13-11-18)31-26(29)30-14-5-4-6-15-38(3,32)33;3-2(4,5)1(6)7/h7-13,16H,4-6,14-15H2,1-3H3,(H3,27,28)(H3,29,30,31);(H,6,7). The second-order valence-electron chi connectivity index (χ2n) is 9.78. The summed E-state index contributed by atoms with van der Waals surface area (Å²) in [7, 11) is -6.78. The number of nitrogen functional groups attached to an aromatic ring is 1. The molecule has 46 heavy (non-hydrogen) atoms. The maximum atomic E-state index is 13.6. The fourth-order valence-electron chi connectivity index (χ4n) is 3.93. The number of aliphatic carboxylic acids is 1. The average Bonchev–Trinajstić information content (AvgIpc) is 3.41. The first-order valence-electron chi connectivity index (χ1n) is 13.3. The van der Waals surface area contributed by atoms with Crippen molar-refractivity contribution in [3.8, 4) is 11.1 Å². The van der Waals surface area contributed by atoms with Crippen molar-refractivity contribution >= 4 is 66.2 Å². The van der Waals surface area contributed by atoms with Gasteiger partial charge in [0.2, 0.25) is 9.84 Å². The average molecular weight is 722 g/mol. The molecule has 0 spiro atoms. The fourth-order valence-corrected chi connectivity index (χ4v) is 8.77. The van der Waals surface area contributed by atoms with Gasteiger partial charge in [-0.3, -0.25) is 10.4 Å². The number of carboxylic acid groups (broad SMARTS) is 1.